The van der Waals surface area contributed by atoms with E-state index in [1.807, 2.05) is 0 Å². The minimum absolute atomic E-state index is 0.0591. The Labute approximate surface area is 199 Å². The second kappa shape index (κ2) is 9.30. The van der Waals surface area contributed by atoms with Gasteiger partial charge in [0.05, 0.1) is 40.3 Å². The van der Waals surface area contributed by atoms with Crippen molar-refractivity contribution in [2.45, 2.75) is 0 Å². The summed E-state index contributed by atoms with van der Waals surface area (Å²) < 4.78 is 0. The van der Waals surface area contributed by atoms with Crippen LogP contribution in [-0.2, 0) is 0 Å². The van der Waals surface area contributed by atoms with Crippen LogP contribution in [0.2, 0.25) is 0 Å². The van der Waals surface area contributed by atoms with E-state index < -0.39 is 23.9 Å². The van der Waals surface area contributed by atoms with Crippen LogP contribution >= 0.6 is 0 Å². The van der Waals surface area contributed by atoms with Gasteiger partial charge in [-0.2, -0.15) is 0 Å². The van der Waals surface area contributed by atoms with Crippen molar-refractivity contribution < 1.29 is 39.6 Å². The van der Waals surface area contributed by atoms with Crippen molar-refractivity contribution in [3.63, 3.8) is 0 Å². The third kappa shape index (κ3) is 4.81. The molecule has 0 saturated carbocycles. The molecule has 0 saturated heterocycles. The maximum Gasteiger partial charge on any atom is 0.335 e. The quantitative estimate of drug-likeness (QED) is 0.291. The average Bonchev–Trinajstić information content (AvgIpc) is 2.88. The van der Waals surface area contributed by atoms with Crippen LogP contribution in [0.25, 0.3) is 34.2 Å². The second-order valence-corrected chi connectivity index (χ2v) is 7.15. The number of carbonyl (C=O) groups is 4. The van der Waals surface area contributed by atoms with Gasteiger partial charge in [0.1, 0.15) is 5.69 Å². The molecule has 14 nitrogen and oxygen atoms in total. The third-order valence-corrected chi connectivity index (χ3v) is 4.77. The van der Waals surface area contributed by atoms with Gasteiger partial charge in [0.25, 0.3) is 0 Å². The zero-order chi connectivity index (χ0) is 26.0. The molecular formula is C22H12N6O8. The van der Waals surface area contributed by atoms with Gasteiger partial charge in [-0.25, -0.2) is 24.2 Å². The largest absolute Gasteiger partial charge is 0.478 e. The number of carboxylic acids is 4. The highest BCUT2D eigenvalue weighted by molar-refractivity contribution is 5.96. The molecule has 36 heavy (non-hydrogen) atoms. The van der Waals surface area contributed by atoms with Gasteiger partial charge in [0.2, 0.25) is 11.6 Å². The molecule has 0 spiro atoms. The summed E-state index contributed by atoms with van der Waals surface area (Å²) in [6.45, 7) is 0. The number of hydrogen-bond acceptors (Lipinski definition) is 10. The van der Waals surface area contributed by atoms with Crippen molar-refractivity contribution in [2.24, 2.45) is 0 Å². The summed E-state index contributed by atoms with van der Waals surface area (Å²) in [5.74, 6) is -5.47. The average molecular weight is 488 g/mol. The maximum atomic E-state index is 11.3. The molecule has 4 rings (SSSR count). The van der Waals surface area contributed by atoms with E-state index in [2.05, 4.69) is 30.4 Å². The zero-order valence-electron chi connectivity index (χ0n) is 17.7. The Balaban J connectivity index is 1.64. The van der Waals surface area contributed by atoms with Gasteiger partial charge < -0.3 is 20.4 Å². The summed E-state index contributed by atoms with van der Waals surface area (Å²) in [5, 5.41) is 52.3. The number of carboxylic acid groups (broad SMARTS) is 4. The molecule has 0 amide bonds. The molecule has 178 valence electrons. The molecule has 4 aromatic rings. The Bertz CT molecular complexity index is 1360. The van der Waals surface area contributed by atoms with Crippen molar-refractivity contribution in [3.05, 3.63) is 71.0 Å². The SMILES string of the molecule is O=C(O)c1cc(C(=O)O)cc(-c2cnc(-c3nnc(-c4cc(C(=O)O)cc(C(=O)O)c4)nn3)cn2)c1. The van der Waals surface area contributed by atoms with Crippen LogP contribution in [0.1, 0.15) is 41.4 Å². The van der Waals surface area contributed by atoms with Gasteiger partial charge in [-0.05, 0) is 36.4 Å². The van der Waals surface area contributed by atoms with Crippen molar-refractivity contribution in [1.29, 1.82) is 0 Å². The highest BCUT2D eigenvalue weighted by atomic mass is 16.4. The molecule has 14 heteroatoms. The standard InChI is InChI=1S/C22H12N6O8/c29-19(30)11-1-9(2-12(5-11)20(31)32)15-7-24-16(8-23-15)18-27-25-17(26-28-18)10-3-13(21(33)34)6-14(4-10)22(35)36/h1-8H,(H,29,30)(H,31,32)(H,33,34)(H,35,36). The molecular weight excluding hydrogens is 476 g/mol. The van der Waals surface area contributed by atoms with Crippen LogP contribution in [0, 0.1) is 0 Å². The van der Waals surface area contributed by atoms with Crippen LogP contribution in [-0.4, -0.2) is 74.7 Å². The van der Waals surface area contributed by atoms with E-state index in [-0.39, 0.29) is 56.4 Å². The van der Waals surface area contributed by atoms with Crippen LogP contribution < -0.4 is 0 Å². The Kier molecular flexibility index (Phi) is 6.07. The first-order valence-corrected chi connectivity index (χ1v) is 9.76. The number of rotatable bonds is 7. The maximum absolute atomic E-state index is 11.3. The number of nitrogens with zero attached hydrogens (tertiary/aromatic N) is 6. The Morgan fingerprint density at radius 1 is 0.472 bits per heavy atom. The first-order valence-electron chi connectivity index (χ1n) is 9.76. The lowest BCUT2D eigenvalue weighted by Gasteiger charge is -2.06. The summed E-state index contributed by atoms with van der Waals surface area (Å²) in [4.78, 5) is 53.5. The monoisotopic (exact) mass is 488 g/mol. The van der Waals surface area contributed by atoms with E-state index >= 15 is 0 Å². The normalized spacial score (nSPS) is 10.6. The molecule has 0 aliphatic heterocycles. The van der Waals surface area contributed by atoms with E-state index in [1.54, 1.807) is 0 Å². The highest BCUT2D eigenvalue weighted by Crippen LogP contribution is 2.23. The summed E-state index contributed by atoms with van der Waals surface area (Å²) in [5.41, 5.74) is -0.423. The first kappa shape index (κ1) is 23.5. The van der Waals surface area contributed by atoms with Crippen LogP contribution in [0.15, 0.2) is 48.8 Å². The van der Waals surface area contributed by atoms with Gasteiger partial charge >= 0.3 is 23.9 Å². The van der Waals surface area contributed by atoms with Crippen molar-refractivity contribution in [1.82, 2.24) is 30.4 Å². The topological polar surface area (TPSA) is 227 Å². The molecule has 2 heterocycles. The molecule has 0 aliphatic rings. The number of benzene rings is 2. The molecule has 0 atom stereocenters. The molecule has 0 radical (unpaired) electrons. The van der Waals surface area contributed by atoms with Gasteiger partial charge in [-0.15, -0.1) is 20.4 Å². The summed E-state index contributed by atoms with van der Waals surface area (Å²) in [6, 6.07) is 6.88. The number of aromatic nitrogens is 6. The molecule has 0 bridgehead atoms. The van der Waals surface area contributed by atoms with Crippen molar-refractivity contribution in [2.75, 3.05) is 0 Å². The van der Waals surface area contributed by atoms with E-state index in [1.165, 1.54) is 36.7 Å². The van der Waals surface area contributed by atoms with E-state index in [0.29, 0.717) is 0 Å². The predicted molar refractivity (Wildman–Crippen MR) is 117 cm³/mol. The Hall–Kier alpha value is -5.66. The highest BCUT2D eigenvalue weighted by Gasteiger charge is 2.16. The van der Waals surface area contributed by atoms with Gasteiger partial charge in [-0.1, -0.05) is 0 Å². The lowest BCUT2D eigenvalue weighted by Crippen LogP contribution is -2.05. The fourth-order valence-electron chi connectivity index (χ4n) is 3.07. The molecule has 0 fully saturated rings. The zero-order valence-corrected chi connectivity index (χ0v) is 17.7. The van der Waals surface area contributed by atoms with E-state index in [9.17, 15) is 39.6 Å². The Morgan fingerprint density at radius 3 is 1.22 bits per heavy atom. The predicted octanol–water partition coefficient (Wildman–Crippen LogP) is 1.85. The molecule has 0 aliphatic carbocycles. The van der Waals surface area contributed by atoms with E-state index in [4.69, 9.17) is 0 Å². The first-order chi connectivity index (χ1) is 17.1. The third-order valence-electron chi connectivity index (χ3n) is 4.77. The number of aromatic carboxylic acids is 4. The summed E-state index contributed by atoms with van der Waals surface area (Å²) >= 11 is 0. The fourth-order valence-corrected chi connectivity index (χ4v) is 3.07. The fraction of sp³-hybridized carbons (Fsp3) is 0. The van der Waals surface area contributed by atoms with Crippen LogP contribution in [0.4, 0.5) is 0 Å². The summed E-state index contributed by atoms with van der Waals surface area (Å²) in [6.07, 6.45) is 2.50. The second-order valence-electron chi connectivity index (χ2n) is 7.15. The Morgan fingerprint density at radius 2 is 0.833 bits per heavy atom. The van der Waals surface area contributed by atoms with Gasteiger partial charge in [0.15, 0.2) is 0 Å². The van der Waals surface area contributed by atoms with Crippen molar-refractivity contribution in [3.8, 4) is 34.2 Å². The molecule has 2 aromatic carbocycles. The molecule has 0 unspecified atom stereocenters. The van der Waals surface area contributed by atoms with Crippen molar-refractivity contribution >= 4 is 23.9 Å². The minimum atomic E-state index is -1.34. The molecule has 2 aromatic heterocycles. The smallest absolute Gasteiger partial charge is 0.335 e. The molecule has 4 N–H and O–H groups in total. The van der Waals surface area contributed by atoms with Crippen LogP contribution in [0.5, 0.6) is 0 Å². The van der Waals surface area contributed by atoms with Crippen LogP contribution in [0.3, 0.4) is 0 Å². The minimum Gasteiger partial charge on any atom is -0.478 e. The lowest BCUT2D eigenvalue weighted by atomic mass is 10.0. The lowest BCUT2D eigenvalue weighted by molar-refractivity contribution is 0.0676. The summed E-state index contributed by atoms with van der Waals surface area (Å²) in [7, 11) is 0. The van der Waals surface area contributed by atoms with E-state index in [0.717, 1.165) is 12.1 Å². The van der Waals surface area contributed by atoms with Gasteiger partial charge in [0, 0.05) is 11.1 Å². The van der Waals surface area contributed by atoms with Gasteiger partial charge in [-0.3, -0.25) is 4.98 Å². The number of hydrogen-bond donors (Lipinski definition) is 4.